The van der Waals surface area contributed by atoms with E-state index in [4.69, 9.17) is 0 Å². The number of oxime groups is 2. The van der Waals surface area contributed by atoms with E-state index in [0.717, 1.165) is 12.8 Å². The summed E-state index contributed by atoms with van der Waals surface area (Å²) in [4.78, 5) is 0. The molecular weight excluding hydrogens is 252 g/mol. The van der Waals surface area contributed by atoms with Crippen molar-refractivity contribution in [2.45, 2.75) is 77.0 Å². The average molecular weight is 280 g/mol. The highest BCUT2D eigenvalue weighted by molar-refractivity contribution is 6.42. The Morgan fingerprint density at radius 1 is 0.650 bits per heavy atom. The average Bonchev–Trinajstić information content (AvgIpc) is 2.52. The summed E-state index contributed by atoms with van der Waals surface area (Å²) < 4.78 is 0. The molecule has 0 bridgehead atoms. The van der Waals surface area contributed by atoms with Crippen LogP contribution in [-0.2, 0) is 0 Å². The van der Waals surface area contributed by atoms with Crippen LogP contribution >= 0.6 is 0 Å². The number of hydrogen-bond acceptors (Lipinski definition) is 4. The molecular formula is C16H28N2O2. The first kappa shape index (κ1) is 15.3. The van der Waals surface area contributed by atoms with Crippen molar-refractivity contribution in [3.8, 4) is 0 Å². The van der Waals surface area contributed by atoms with Gasteiger partial charge in [-0.25, -0.2) is 0 Å². The highest BCUT2D eigenvalue weighted by atomic mass is 16.4. The van der Waals surface area contributed by atoms with Crippen molar-refractivity contribution < 1.29 is 10.4 Å². The van der Waals surface area contributed by atoms with Crippen LogP contribution in [0.3, 0.4) is 0 Å². The maximum atomic E-state index is 9.28. The van der Waals surface area contributed by atoms with Gasteiger partial charge < -0.3 is 10.4 Å². The quantitative estimate of drug-likeness (QED) is 0.439. The van der Waals surface area contributed by atoms with Crippen LogP contribution in [-0.4, -0.2) is 21.8 Å². The smallest absolute Gasteiger partial charge is 0.105 e. The Balaban J connectivity index is 1.89. The summed E-state index contributed by atoms with van der Waals surface area (Å²) in [5.41, 5.74) is 1.23. The van der Waals surface area contributed by atoms with Gasteiger partial charge in [-0.2, -0.15) is 0 Å². The van der Waals surface area contributed by atoms with Crippen LogP contribution in [0.25, 0.3) is 0 Å². The fourth-order valence-corrected chi connectivity index (χ4v) is 3.76. The van der Waals surface area contributed by atoms with Gasteiger partial charge in [0.05, 0.1) is 0 Å². The van der Waals surface area contributed by atoms with E-state index in [2.05, 4.69) is 10.3 Å². The molecule has 0 spiro atoms. The molecule has 20 heavy (non-hydrogen) atoms. The van der Waals surface area contributed by atoms with Crippen LogP contribution in [0.2, 0.25) is 0 Å². The lowest BCUT2D eigenvalue weighted by atomic mass is 9.81. The Labute approximate surface area is 121 Å². The SMILES string of the molecule is O/N=C(CC1CCCCC1)\C(CC1CCCCC1)=N\O. The molecule has 2 aliphatic rings. The molecule has 0 heterocycles. The van der Waals surface area contributed by atoms with Gasteiger partial charge >= 0.3 is 0 Å². The van der Waals surface area contributed by atoms with Crippen LogP contribution in [0.4, 0.5) is 0 Å². The summed E-state index contributed by atoms with van der Waals surface area (Å²) >= 11 is 0. The maximum Gasteiger partial charge on any atom is 0.105 e. The number of hydrogen-bond donors (Lipinski definition) is 2. The Bertz CT molecular complexity index is 306. The second-order valence-electron chi connectivity index (χ2n) is 6.51. The predicted molar refractivity (Wildman–Crippen MR) is 80.8 cm³/mol. The molecule has 0 aromatic rings. The fraction of sp³-hybridized carbons (Fsp3) is 0.875. The molecule has 2 fully saturated rings. The molecule has 0 aromatic heterocycles. The van der Waals surface area contributed by atoms with Gasteiger partial charge in [0.25, 0.3) is 0 Å². The molecule has 0 radical (unpaired) electrons. The lowest BCUT2D eigenvalue weighted by molar-refractivity contribution is 0.304. The van der Waals surface area contributed by atoms with E-state index in [0.29, 0.717) is 23.3 Å². The third-order valence-electron chi connectivity index (χ3n) is 4.99. The van der Waals surface area contributed by atoms with Gasteiger partial charge in [0.1, 0.15) is 11.4 Å². The molecule has 0 amide bonds. The third kappa shape index (κ3) is 4.50. The highest BCUT2D eigenvalue weighted by Gasteiger charge is 2.23. The molecule has 0 aromatic carbocycles. The van der Waals surface area contributed by atoms with Crippen LogP contribution in [0.15, 0.2) is 10.3 Å². The van der Waals surface area contributed by atoms with Crippen LogP contribution in [0.1, 0.15) is 77.0 Å². The lowest BCUT2D eigenvalue weighted by Crippen LogP contribution is -2.23. The van der Waals surface area contributed by atoms with E-state index in [1.807, 2.05) is 0 Å². The molecule has 114 valence electrons. The van der Waals surface area contributed by atoms with Crippen molar-refractivity contribution in [3.63, 3.8) is 0 Å². The third-order valence-corrected chi connectivity index (χ3v) is 4.99. The summed E-state index contributed by atoms with van der Waals surface area (Å²) in [5.74, 6) is 1.19. The van der Waals surface area contributed by atoms with Crippen molar-refractivity contribution in [2.24, 2.45) is 22.1 Å². The van der Waals surface area contributed by atoms with E-state index in [9.17, 15) is 10.4 Å². The van der Waals surface area contributed by atoms with E-state index in [1.165, 1.54) is 64.2 Å². The fourth-order valence-electron chi connectivity index (χ4n) is 3.76. The molecule has 0 saturated heterocycles. The second kappa shape index (κ2) is 8.28. The minimum absolute atomic E-state index is 0.595. The van der Waals surface area contributed by atoms with E-state index in [1.54, 1.807) is 0 Å². The molecule has 4 nitrogen and oxygen atoms in total. The summed E-state index contributed by atoms with van der Waals surface area (Å²) in [7, 11) is 0. The zero-order chi connectivity index (χ0) is 14.2. The highest BCUT2D eigenvalue weighted by Crippen LogP contribution is 2.29. The normalized spacial score (nSPS) is 24.0. The van der Waals surface area contributed by atoms with Crippen molar-refractivity contribution in [1.82, 2.24) is 0 Å². The van der Waals surface area contributed by atoms with Crippen LogP contribution in [0, 0.1) is 11.8 Å². The van der Waals surface area contributed by atoms with Crippen LogP contribution < -0.4 is 0 Å². The van der Waals surface area contributed by atoms with Crippen molar-refractivity contribution in [3.05, 3.63) is 0 Å². The summed E-state index contributed by atoms with van der Waals surface area (Å²) in [6.45, 7) is 0. The molecule has 0 aliphatic heterocycles. The minimum Gasteiger partial charge on any atom is -0.411 e. The zero-order valence-electron chi connectivity index (χ0n) is 12.4. The molecule has 2 N–H and O–H groups in total. The summed E-state index contributed by atoms with van der Waals surface area (Å²) in [6, 6.07) is 0. The number of nitrogens with zero attached hydrogens (tertiary/aromatic N) is 2. The molecule has 0 unspecified atom stereocenters. The molecule has 2 rings (SSSR count). The molecule has 0 atom stereocenters. The first-order valence-electron chi connectivity index (χ1n) is 8.25. The zero-order valence-corrected chi connectivity index (χ0v) is 12.4. The topological polar surface area (TPSA) is 65.2 Å². The van der Waals surface area contributed by atoms with Gasteiger partial charge in [0, 0.05) is 0 Å². The summed E-state index contributed by atoms with van der Waals surface area (Å²) in [6.07, 6.45) is 14.1. The van der Waals surface area contributed by atoms with E-state index < -0.39 is 0 Å². The number of rotatable bonds is 5. The summed E-state index contributed by atoms with van der Waals surface area (Å²) in [5, 5.41) is 25.5. The molecule has 4 heteroatoms. The Hall–Kier alpha value is -1.06. The largest absolute Gasteiger partial charge is 0.411 e. The van der Waals surface area contributed by atoms with Crippen LogP contribution in [0.5, 0.6) is 0 Å². The minimum atomic E-state index is 0.595. The Morgan fingerprint density at radius 3 is 1.30 bits per heavy atom. The second-order valence-corrected chi connectivity index (χ2v) is 6.51. The Kier molecular flexibility index (Phi) is 6.34. The lowest BCUT2D eigenvalue weighted by Gasteiger charge is -2.24. The first-order valence-corrected chi connectivity index (χ1v) is 8.25. The first-order chi connectivity index (χ1) is 9.83. The van der Waals surface area contributed by atoms with Gasteiger partial charge in [-0.1, -0.05) is 74.5 Å². The van der Waals surface area contributed by atoms with Gasteiger partial charge in [0.15, 0.2) is 0 Å². The maximum absolute atomic E-state index is 9.28. The monoisotopic (exact) mass is 280 g/mol. The predicted octanol–water partition coefficient (Wildman–Crippen LogP) is 4.59. The standard InChI is InChI=1S/C16H28N2O2/c19-17-15(11-13-7-3-1-4-8-13)16(18-20)12-14-9-5-2-6-10-14/h13-14,19-20H,1-12H2/b17-15-,18-16+. The van der Waals surface area contributed by atoms with Crippen molar-refractivity contribution in [2.75, 3.05) is 0 Å². The molecule has 2 saturated carbocycles. The van der Waals surface area contributed by atoms with E-state index >= 15 is 0 Å². The Morgan fingerprint density at radius 2 is 1.00 bits per heavy atom. The van der Waals surface area contributed by atoms with E-state index in [-0.39, 0.29) is 0 Å². The molecule has 2 aliphatic carbocycles. The van der Waals surface area contributed by atoms with Gasteiger partial charge in [-0.3, -0.25) is 0 Å². The van der Waals surface area contributed by atoms with Crippen molar-refractivity contribution >= 4 is 11.4 Å². The van der Waals surface area contributed by atoms with Gasteiger partial charge in [0.2, 0.25) is 0 Å². The van der Waals surface area contributed by atoms with Crippen molar-refractivity contribution in [1.29, 1.82) is 0 Å². The van der Waals surface area contributed by atoms with Gasteiger partial charge in [-0.15, -0.1) is 0 Å². The van der Waals surface area contributed by atoms with Gasteiger partial charge in [-0.05, 0) is 24.7 Å².